The summed E-state index contributed by atoms with van der Waals surface area (Å²) in [6, 6.07) is 7.81. The van der Waals surface area contributed by atoms with E-state index in [1.807, 2.05) is 31.4 Å². The molecular formula is C15H17FN2OS. The summed E-state index contributed by atoms with van der Waals surface area (Å²) in [6.45, 7) is 4.56. The Balaban J connectivity index is 2.07. The maximum Gasteiger partial charge on any atom is 0.253 e. The summed E-state index contributed by atoms with van der Waals surface area (Å²) in [5.41, 5.74) is 5.97. The second-order valence-corrected chi connectivity index (χ2v) is 6.22. The first-order valence-electron chi connectivity index (χ1n) is 6.27. The third kappa shape index (κ3) is 3.17. The number of nitrogen functional groups attached to an aromatic ring is 1. The second kappa shape index (κ2) is 5.63. The van der Waals surface area contributed by atoms with E-state index in [2.05, 4.69) is 5.32 Å². The molecule has 0 atom stereocenters. The van der Waals surface area contributed by atoms with Crippen molar-refractivity contribution in [3.05, 3.63) is 52.0 Å². The van der Waals surface area contributed by atoms with Crippen LogP contribution in [0.3, 0.4) is 0 Å². The van der Waals surface area contributed by atoms with Gasteiger partial charge in [0.2, 0.25) is 0 Å². The summed E-state index contributed by atoms with van der Waals surface area (Å²) in [5, 5.41) is 4.82. The van der Waals surface area contributed by atoms with E-state index in [0.29, 0.717) is 6.54 Å². The molecule has 0 saturated heterocycles. The van der Waals surface area contributed by atoms with Crippen LogP contribution in [-0.2, 0) is 5.41 Å². The second-order valence-electron chi connectivity index (χ2n) is 5.28. The first-order chi connectivity index (χ1) is 9.40. The minimum absolute atomic E-state index is 0.173. The Morgan fingerprint density at radius 2 is 2.15 bits per heavy atom. The van der Waals surface area contributed by atoms with Crippen LogP contribution in [0.4, 0.5) is 10.1 Å². The molecule has 20 heavy (non-hydrogen) atoms. The van der Waals surface area contributed by atoms with Gasteiger partial charge in [0.1, 0.15) is 5.82 Å². The summed E-state index contributed by atoms with van der Waals surface area (Å²) in [7, 11) is 0. The molecule has 0 aliphatic rings. The molecule has 0 saturated carbocycles. The van der Waals surface area contributed by atoms with Gasteiger partial charge >= 0.3 is 0 Å². The number of carbonyl (C=O) groups is 1. The summed E-state index contributed by atoms with van der Waals surface area (Å²) in [4.78, 5) is 13.3. The number of hydrogen-bond donors (Lipinski definition) is 2. The zero-order chi connectivity index (χ0) is 14.8. The Kier molecular flexibility index (Phi) is 4.09. The third-order valence-electron chi connectivity index (χ3n) is 3.14. The van der Waals surface area contributed by atoms with Crippen LogP contribution < -0.4 is 11.1 Å². The van der Waals surface area contributed by atoms with Crippen LogP contribution in [0.15, 0.2) is 35.7 Å². The number of halogens is 1. The molecule has 0 spiro atoms. The predicted octanol–water partition coefficient (Wildman–Crippen LogP) is 3.18. The lowest BCUT2D eigenvalue weighted by Crippen LogP contribution is -2.36. The van der Waals surface area contributed by atoms with Crippen LogP contribution in [0, 0.1) is 5.82 Å². The smallest absolute Gasteiger partial charge is 0.253 e. The van der Waals surface area contributed by atoms with E-state index >= 15 is 0 Å². The highest BCUT2D eigenvalue weighted by molar-refractivity contribution is 7.10. The fraction of sp³-hybridized carbons (Fsp3) is 0.267. The van der Waals surface area contributed by atoms with Crippen molar-refractivity contribution in [1.29, 1.82) is 0 Å². The highest BCUT2D eigenvalue weighted by Crippen LogP contribution is 2.26. The van der Waals surface area contributed by atoms with Gasteiger partial charge in [-0.25, -0.2) is 4.39 Å². The lowest BCUT2D eigenvalue weighted by Gasteiger charge is -2.23. The lowest BCUT2D eigenvalue weighted by atomic mass is 9.91. The SMILES string of the molecule is CC(C)(CNC(=O)c1cc(F)ccc1N)c1cccs1. The van der Waals surface area contributed by atoms with E-state index in [1.165, 1.54) is 17.0 Å². The van der Waals surface area contributed by atoms with Gasteiger partial charge < -0.3 is 11.1 Å². The maximum atomic E-state index is 13.2. The fourth-order valence-corrected chi connectivity index (χ4v) is 2.72. The van der Waals surface area contributed by atoms with Crippen LogP contribution >= 0.6 is 11.3 Å². The summed E-state index contributed by atoms with van der Waals surface area (Å²) < 4.78 is 13.2. The molecule has 0 bridgehead atoms. The molecule has 0 fully saturated rings. The number of anilines is 1. The van der Waals surface area contributed by atoms with Crippen LogP contribution in [-0.4, -0.2) is 12.5 Å². The zero-order valence-corrected chi connectivity index (χ0v) is 12.3. The van der Waals surface area contributed by atoms with Crippen LogP contribution in [0.1, 0.15) is 29.1 Å². The van der Waals surface area contributed by atoms with Gasteiger partial charge in [-0.1, -0.05) is 19.9 Å². The molecule has 2 aromatic rings. The van der Waals surface area contributed by atoms with E-state index < -0.39 is 5.82 Å². The van der Waals surface area contributed by atoms with E-state index in [9.17, 15) is 9.18 Å². The number of carbonyl (C=O) groups excluding carboxylic acids is 1. The van der Waals surface area contributed by atoms with Crippen molar-refractivity contribution in [2.24, 2.45) is 0 Å². The number of benzene rings is 1. The topological polar surface area (TPSA) is 55.1 Å². The van der Waals surface area contributed by atoms with E-state index in [0.717, 1.165) is 6.07 Å². The molecule has 1 aromatic heterocycles. The molecule has 3 nitrogen and oxygen atoms in total. The van der Waals surface area contributed by atoms with Gasteiger partial charge in [0.05, 0.1) is 5.56 Å². The highest BCUT2D eigenvalue weighted by Gasteiger charge is 2.23. The standard InChI is InChI=1S/C15H17FN2OS/c1-15(2,13-4-3-7-20-13)9-18-14(19)11-8-10(16)5-6-12(11)17/h3-8H,9,17H2,1-2H3,(H,18,19). The molecule has 0 aliphatic heterocycles. The average Bonchev–Trinajstić information content (AvgIpc) is 2.93. The van der Waals surface area contributed by atoms with Gasteiger partial charge in [-0.05, 0) is 29.6 Å². The third-order valence-corrected chi connectivity index (χ3v) is 4.37. The number of hydrogen-bond acceptors (Lipinski definition) is 3. The minimum atomic E-state index is -0.470. The van der Waals surface area contributed by atoms with Crippen molar-refractivity contribution in [3.63, 3.8) is 0 Å². The van der Waals surface area contributed by atoms with Gasteiger partial charge in [0.15, 0.2) is 0 Å². The lowest BCUT2D eigenvalue weighted by molar-refractivity contribution is 0.0946. The van der Waals surface area contributed by atoms with Gasteiger partial charge in [-0.15, -0.1) is 11.3 Å². The summed E-state index contributed by atoms with van der Waals surface area (Å²) in [6.07, 6.45) is 0. The summed E-state index contributed by atoms with van der Waals surface area (Å²) >= 11 is 1.65. The molecule has 1 aromatic carbocycles. The Labute approximate surface area is 121 Å². The molecule has 2 rings (SSSR count). The minimum Gasteiger partial charge on any atom is -0.398 e. The Bertz CT molecular complexity index is 608. The number of nitrogens with two attached hydrogens (primary N) is 1. The quantitative estimate of drug-likeness (QED) is 0.850. The van der Waals surface area contributed by atoms with Gasteiger partial charge in [-0.3, -0.25) is 4.79 Å². The number of nitrogens with one attached hydrogen (secondary N) is 1. The van der Waals surface area contributed by atoms with Crippen molar-refractivity contribution in [2.75, 3.05) is 12.3 Å². The first-order valence-corrected chi connectivity index (χ1v) is 7.15. The number of rotatable bonds is 4. The first kappa shape index (κ1) is 14.5. The van der Waals surface area contributed by atoms with Gasteiger partial charge in [0.25, 0.3) is 5.91 Å². The van der Waals surface area contributed by atoms with E-state index in [1.54, 1.807) is 11.3 Å². The van der Waals surface area contributed by atoms with Gasteiger partial charge in [-0.2, -0.15) is 0 Å². The molecule has 5 heteroatoms. The Morgan fingerprint density at radius 3 is 2.80 bits per heavy atom. The Hall–Kier alpha value is -1.88. The van der Waals surface area contributed by atoms with Crippen molar-refractivity contribution in [2.45, 2.75) is 19.3 Å². The molecule has 3 N–H and O–H groups in total. The van der Waals surface area contributed by atoms with E-state index in [-0.39, 0.29) is 22.6 Å². The molecule has 1 heterocycles. The number of thiophene rings is 1. The largest absolute Gasteiger partial charge is 0.398 e. The molecule has 0 unspecified atom stereocenters. The monoisotopic (exact) mass is 292 g/mol. The predicted molar refractivity (Wildman–Crippen MR) is 80.5 cm³/mol. The van der Waals surface area contributed by atoms with E-state index in [4.69, 9.17) is 5.73 Å². The van der Waals surface area contributed by atoms with Gasteiger partial charge in [0, 0.05) is 22.5 Å². The van der Waals surface area contributed by atoms with Crippen LogP contribution in [0.25, 0.3) is 0 Å². The normalized spacial score (nSPS) is 11.3. The van der Waals surface area contributed by atoms with Crippen molar-refractivity contribution in [1.82, 2.24) is 5.32 Å². The molecule has 1 amide bonds. The molecule has 106 valence electrons. The van der Waals surface area contributed by atoms with Crippen molar-refractivity contribution < 1.29 is 9.18 Å². The molecule has 0 radical (unpaired) electrons. The fourth-order valence-electron chi connectivity index (χ4n) is 1.87. The molecular weight excluding hydrogens is 275 g/mol. The zero-order valence-electron chi connectivity index (χ0n) is 11.4. The molecule has 0 aliphatic carbocycles. The Morgan fingerprint density at radius 1 is 1.40 bits per heavy atom. The van der Waals surface area contributed by atoms with Crippen LogP contribution in [0.2, 0.25) is 0 Å². The van der Waals surface area contributed by atoms with Crippen LogP contribution in [0.5, 0.6) is 0 Å². The van der Waals surface area contributed by atoms with Crippen molar-refractivity contribution >= 4 is 22.9 Å². The van der Waals surface area contributed by atoms with Crippen molar-refractivity contribution in [3.8, 4) is 0 Å². The summed E-state index contributed by atoms with van der Waals surface area (Å²) in [5.74, 6) is -0.825. The highest BCUT2D eigenvalue weighted by atomic mass is 32.1. The maximum absolute atomic E-state index is 13.2. The number of amides is 1. The average molecular weight is 292 g/mol.